The molecular formula is C86H112N10O8. The fourth-order valence-electron chi connectivity index (χ4n) is 13.4. The number of esters is 2. The van der Waals surface area contributed by atoms with Gasteiger partial charge < -0.3 is 20.1 Å². The van der Waals surface area contributed by atoms with Crippen LogP contribution in [0.15, 0.2) is 176 Å². The molecule has 0 aliphatic heterocycles. The maximum atomic E-state index is 13.6. The van der Waals surface area contributed by atoms with Crippen LogP contribution in [0.3, 0.4) is 0 Å². The van der Waals surface area contributed by atoms with Crippen LogP contribution in [0.25, 0.3) is 11.4 Å². The lowest BCUT2D eigenvalue weighted by Crippen LogP contribution is -2.16. The number of carbonyl (C=O) groups excluding carboxylic acids is 4. The molecule has 0 spiro atoms. The van der Waals surface area contributed by atoms with Crippen LogP contribution in [0, 0.1) is 39.5 Å². The van der Waals surface area contributed by atoms with Gasteiger partial charge in [-0.2, -0.15) is 0 Å². The van der Waals surface area contributed by atoms with Crippen molar-refractivity contribution in [3.05, 3.63) is 211 Å². The third kappa shape index (κ3) is 26.0. The molecule has 2 amide bonds. The third-order valence-corrected chi connectivity index (χ3v) is 19.7. The number of H-pyrrole nitrogens is 2. The van der Waals surface area contributed by atoms with Crippen molar-refractivity contribution in [2.24, 2.45) is 32.3 Å². The van der Waals surface area contributed by atoms with E-state index in [0.29, 0.717) is 69.9 Å². The van der Waals surface area contributed by atoms with E-state index in [1.807, 2.05) is 62.4 Å². The van der Waals surface area contributed by atoms with Crippen LogP contribution in [0.2, 0.25) is 0 Å². The molecule has 0 aliphatic carbocycles. The predicted molar refractivity (Wildman–Crippen MR) is 419 cm³/mol. The van der Waals surface area contributed by atoms with Crippen LogP contribution in [-0.2, 0) is 9.47 Å². The fourth-order valence-corrected chi connectivity index (χ4v) is 13.4. The molecule has 0 aliphatic rings. The van der Waals surface area contributed by atoms with E-state index < -0.39 is 23.1 Å². The standard InChI is InChI=1S/C86H112N10O8/c1-7-9-11-13-15-21-27-37-67(39-29-23-17-19-25-35-61-103-85(101)75-41-31-33-43-77(75)89-91-79-65(5)93-95(83(79)99)73-57-49-69(50-58-73)81(97)87-71-53-45-63(3)46-54-71)68(38-28-22-16-14-12-10-8-2)40-30-24-18-20-26-36-62-104-86(102)76-42-32-34-44-78(76)90-92-80-66(6)94-96(84(80)100)74-59-51-70(52-60-74)82(98)88-72-55-47-64(4)48-56-72/h31-34,41-60,67-68,93-94H,7-30,35-40,61-62H2,1-6H3,(H,87,97)(H,88,98). The summed E-state index contributed by atoms with van der Waals surface area (Å²) in [6.45, 7) is 12.6. The quantitative estimate of drug-likeness (QED) is 0.0162. The Morgan fingerprint density at radius 1 is 0.375 bits per heavy atom. The summed E-state index contributed by atoms with van der Waals surface area (Å²) in [5.74, 6) is 0.0364. The van der Waals surface area contributed by atoms with Gasteiger partial charge >= 0.3 is 11.9 Å². The minimum atomic E-state index is -0.476. The van der Waals surface area contributed by atoms with Gasteiger partial charge in [0, 0.05) is 22.5 Å². The Bertz CT molecular complexity index is 3840. The molecule has 2 aromatic heterocycles. The van der Waals surface area contributed by atoms with E-state index in [2.05, 4.69) is 55.1 Å². The van der Waals surface area contributed by atoms with Crippen molar-refractivity contribution in [1.82, 2.24) is 19.6 Å². The zero-order valence-corrected chi connectivity index (χ0v) is 62.6. The van der Waals surface area contributed by atoms with Crippen LogP contribution in [-0.4, -0.2) is 56.5 Å². The summed E-state index contributed by atoms with van der Waals surface area (Å²) in [4.78, 5) is 80.0. The highest BCUT2D eigenvalue weighted by atomic mass is 16.5. The molecular weight excluding hydrogens is 1300 g/mol. The van der Waals surface area contributed by atoms with E-state index in [9.17, 15) is 28.8 Å². The molecule has 8 aromatic rings. The van der Waals surface area contributed by atoms with Gasteiger partial charge in [0.2, 0.25) is 0 Å². The number of nitrogens with one attached hydrogen (secondary N) is 4. The van der Waals surface area contributed by atoms with Gasteiger partial charge in [-0.1, -0.05) is 253 Å². The number of aryl methyl sites for hydroxylation is 4. The van der Waals surface area contributed by atoms with Crippen LogP contribution in [0.5, 0.6) is 0 Å². The summed E-state index contributed by atoms with van der Waals surface area (Å²) in [6, 6.07) is 42.3. The topological polar surface area (TPSA) is 236 Å². The van der Waals surface area contributed by atoms with Gasteiger partial charge in [-0.05, 0) is 149 Å². The maximum absolute atomic E-state index is 13.6. The molecule has 0 bridgehead atoms. The van der Waals surface area contributed by atoms with Crippen molar-refractivity contribution in [1.29, 1.82) is 0 Å². The number of hydrogen-bond acceptors (Lipinski definition) is 12. The third-order valence-electron chi connectivity index (χ3n) is 19.7. The number of ether oxygens (including phenoxy) is 2. The molecule has 18 nitrogen and oxygen atoms in total. The molecule has 0 saturated carbocycles. The summed E-state index contributed by atoms with van der Waals surface area (Å²) < 4.78 is 14.3. The van der Waals surface area contributed by atoms with Crippen LogP contribution in [0.1, 0.15) is 270 Å². The molecule has 8 rings (SSSR count). The smallest absolute Gasteiger partial charge is 0.340 e. The molecule has 4 N–H and O–H groups in total. The van der Waals surface area contributed by atoms with Gasteiger partial charge in [0.05, 0.1) is 47.1 Å². The normalized spacial score (nSPS) is 12.1. The number of carbonyl (C=O) groups is 4. The van der Waals surface area contributed by atoms with Crippen molar-refractivity contribution in [2.45, 2.75) is 234 Å². The van der Waals surface area contributed by atoms with E-state index in [-0.39, 0.29) is 34.3 Å². The van der Waals surface area contributed by atoms with Crippen LogP contribution < -0.4 is 21.8 Å². The number of rotatable bonds is 47. The zero-order valence-electron chi connectivity index (χ0n) is 62.6. The van der Waals surface area contributed by atoms with Crippen LogP contribution >= 0.6 is 0 Å². The van der Waals surface area contributed by atoms with Crippen LogP contribution in [0.4, 0.5) is 34.1 Å². The number of hydrogen-bond donors (Lipinski definition) is 4. The Morgan fingerprint density at radius 2 is 0.683 bits per heavy atom. The highest BCUT2D eigenvalue weighted by Crippen LogP contribution is 2.35. The first-order valence-electron chi connectivity index (χ1n) is 38.7. The SMILES string of the molecule is CCCCCCCCCC(CCCCCCCCOC(=O)c1ccccc1N=Nc1c(C)[nH]n(-c2ccc(C(=O)Nc3ccc(C)cc3)cc2)c1=O)C(CCCCCCCCC)CCCCCCCCOC(=O)c1ccccc1N=Nc1c(C)[nH]n(-c2ccc(C(=O)Nc3ccc(C)cc3)cc2)c1=O. The van der Waals surface area contributed by atoms with Crippen molar-refractivity contribution in [3.63, 3.8) is 0 Å². The lowest BCUT2D eigenvalue weighted by molar-refractivity contribution is 0.0489. The summed E-state index contributed by atoms with van der Waals surface area (Å²) in [7, 11) is 0. The number of benzene rings is 6. The van der Waals surface area contributed by atoms with Gasteiger partial charge in [0.15, 0.2) is 11.4 Å². The molecule has 18 heteroatoms. The number of nitrogens with zero attached hydrogens (tertiary/aromatic N) is 6. The van der Waals surface area contributed by atoms with Gasteiger partial charge in [-0.15, -0.1) is 20.5 Å². The van der Waals surface area contributed by atoms with Gasteiger partial charge in [0.25, 0.3) is 22.9 Å². The Kier molecular flexibility index (Phi) is 34.0. The number of aromatic amines is 2. The molecule has 0 saturated heterocycles. The minimum absolute atomic E-state index is 0.104. The van der Waals surface area contributed by atoms with Crippen molar-refractivity contribution < 1.29 is 28.7 Å². The van der Waals surface area contributed by atoms with E-state index in [0.717, 1.165) is 74.3 Å². The van der Waals surface area contributed by atoms with E-state index in [1.54, 1.807) is 111 Å². The first-order chi connectivity index (χ1) is 50.7. The molecule has 2 heterocycles. The second-order valence-electron chi connectivity index (χ2n) is 28.1. The number of azo groups is 2. The number of aromatic nitrogens is 4. The number of unbranched alkanes of at least 4 members (excludes halogenated alkanes) is 22. The Morgan fingerprint density at radius 3 is 1.02 bits per heavy atom. The Labute approximate surface area is 615 Å². The second kappa shape index (κ2) is 44.2. The summed E-state index contributed by atoms with van der Waals surface area (Å²) in [6.07, 6.45) is 36.8. The monoisotopic (exact) mass is 1410 g/mol. The highest BCUT2D eigenvalue weighted by Gasteiger charge is 2.23. The summed E-state index contributed by atoms with van der Waals surface area (Å²) in [5, 5.41) is 29.3. The minimum Gasteiger partial charge on any atom is -0.462 e. The molecule has 104 heavy (non-hydrogen) atoms. The van der Waals surface area contributed by atoms with Crippen molar-refractivity contribution in [2.75, 3.05) is 23.8 Å². The second-order valence-corrected chi connectivity index (χ2v) is 28.1. The summed E-state index contributed by atoms with van der Waals surface area (Å²) in [5.41, 5.74) is 7.05. The average molecular weight is 1410 g/mol. The number of amides is 2. The van der Waals surface area contributed by atoms with E-state index >= 15 is 0 Å². The molecule has 6 aromatic carbocycles. The predicted octanol–water partition coefficient (Wildman–Crippen LogP) is 23.2. The summed E-state index contributed by atoms with van der Waals surface area (Å²) >= 11 is 0. The van der Waals surface area contributed by atoms with Gasteiger partial charge in [-0.3, -0.25) is 29.4 Å². The van der Waals surface area contributed by atoms with Crippen molar-refractivity contribution >= 4 is 57.9 Å². The Hall–Kier alpha value is -9.58. The molecule has 2 unspecified atom stereocenters. The number of anilines is 2. The van der Waals surface area contributed by atoms with Gasteiger partial charge in [-0.25, -0.2) is 19.0 Å². The molecule has 0 fully saturated rings. The highest BCUT2D eigenvalue weighted by molar-refractivity contribution is 6.05. The first kappa shape index (κ1) is 80.1. The fraction of sp³-hybridized carbons (Fsp3) is 0.465. The first-order valence-corrected chi connectivity index (χ1v) is 38.7. The zero-order chi connectivity index (χ0) is 73.7. The van der Waals surface area contributed by atoms with E-state index in [1.165, 1.54) is 151 Å². The lowest BCUT2D eigenvalue weighted by Gasteiger charge is -2.28. The molecule has 554 valence electrons. The maximum Gasteiger partial charge on any atom is 0.340 e. The lowest BCUT2D eigenvalue weighted by atomic mass is 9.78. The largest absolute Gasteiger partial charge is 0.462 e. The molecule has 0 radical (unpaired) electrons. The van der Waals surface area contributed by atoms with E-state index in [4.69, 9.17) is 9.47 Å². The molecule has 2 atom stereocenters. The Balaban J connectivity index is 0.753. The average Bonchev–Trinajstić information content (AvgIpc) is 1.66. The van der Waals surface area contributed by atoms with Gasteiger partial charge in [0.1, 0.15) is 11.4 Å². The van der Waals surface area contributed by atoms with Crippen molar-refractivity contribution in [3.8, 4) is 11.4 Å².